The SMILES string of the molecule is COc1cccc(/C=N\n2c(-c3cc(-c4ccccc4)n[nH]3)n[nH]c2=S)c1OC. The molecule has 2 aromatic carbocycles. The number of aromatic nitrogens is 5. The number of para-hydroxylation sites is 1. The third kappa shape index (κ3) is 3.67. The van der Waals surface area contributed by atoms with E-state index in [0.717, 1.165) is 16.8 Å². The van der Waals surface area contributed by atoms with Gasteiger partial charge in [0.2, 0.25) is 10.6 Å². The molecule has 9 heteroatoms. The van der Waals surface area contributed by atoms with Crippen LogP contribution in [0.25, 0.3) is 22.8 Å². The Morgan fingerprint density at radius 3 is 2.59 bits per heavy atom. The Labute approximate surface area is 171 Å². The van der Waals surface area contributed by atoms with Gasteiger partial charge in [0.1, 0.15) is 5.69 Å². The second-order valence-electron chi connectivity index (χ2n) is 6.02. The summed E-state index contributed by atoms with van der Waals surface area (Å²) >= 11 is 5.34. The topological polar surface area (TPSA) is 93.1 Å². The van der Waals surface area contributed by atoms with Crippen LogP contribution in [0.2, 0.25) is 0 Å². The monoisotopic (exact) mass is 406 g/mol. The maximum absolute atomic E-state index is 5.44. The summed E-state index contributed by atoms with van der Waals surface area (Å²) in [6, 6.07) is 17.3. The van der Waals surface area contributed by atoms with E-state index in [2.05, 4.69) is 25.5 Å². The van der Waals surface area contributed by atoms with E-state index in [0.29, 0.717) is 27.8 Å². The average Bonchev–Trinajstić information content (AvgIpc) is 3.39. The zero-order valence-electron chi connectivity index (χ0n) is 15.8. The minimum atomic E-state index is 0.356. The maximum Gasteiger partial charge on any atom is 0.216 e. The first kappa shape index (κ1) is 18.6. The van der Waals surface area contributed by atoms with Crippen molar-refractivity contribution in [2.24, 2.45) is 5.10 Å². The molecule has 0 radical (unpaired) electrons. The molecule has 0 aliphatic carbocycles. The second-order valence-corrected chi connectivity index (χ2v) is 6.41. The van der Waals surface area contributed by atoms with Crippen molar-refractivity contribution < 1.29 is 9.47 Å². The van der Waals surface area contributed by atoms with Gasteiger partial charge in [0.05, 0.1) is 26.1 Å². The van der Waals surface area contributed by atoms with Gasteiger partial charge in [-0.2, -0.15) is 20.0 Å². The molecule has 4 rings (SSSR count). The average molecular weight is 406 g/mol. The molecule has 0 saturated heterocycles. The number of H-pyrrole nitrogens is 2. The van der Waals surface area contributed by atoms with Crippen LogP contribution < -0.4 is 9.47 Å². The number of hydrogen-bond donors (Lipinski definition) is 2. The molecule has 29 heavy (non-hydrogen) atoms. The van der Waals surface area contributed by atoms with Crippen LogP contribution in [0.3, 0.4) is 0 Å². The van der Waals surface area contributed by atoms with Crippen molar-refractivity contribution in [1.29, 1.82) is 0 Å². The molecule has 0 bridgehead atoms. The summed E-state index contributed by atoms with van der Waals surface area (Å²) in [6.45, 7) is 0. The highest BCUT2D eigenvalue weighted by atomic mass is 32.1. The van der Waals surface area contributed by atoms with Gasteiger partial charge in [0.25, 0.3) is 0 Å². The van der Waals surface area contributed by atoms with Crippen molar-refractivity contribution in [3.05, 3.63) is 64.9 Å². The van der Waals surface area contributed by atoms with Gasteiger partial charge in [-0.15, -0.1) is 0 Å². The second kappa shape index (κ2) is 8.11. The number of ether oxygens (including phenoxy) is 2. The van der Waals surface area contributed by atoms with Crippen LogP contribution >= 0.6 is 12.2 Å². The summed E-state index contributed by atoms with van der Waals surface area (Å²) < 4.78 is 12.7. The summed E-state index contributed by atoms with van der Waals surface area (Å²) in [7, 11) is 3.17. The Hall–Kier alpha value is -3.72. The summed E-state index contributed by atoms with van der Waals surface area (Å²) in [6.07, 6.45) is 1.64. The van der Waals surface area contributed by atoms with Crippen LogP contribution in [-0.4, -0.2) is 45.5 Å². The quantitative estimate of drug-likeness (QED) is 0.374. The van der Waals surface area contributed by atoms with Crippen LogP contribution in [0.1, 0.15) is 5.56 Å². The van der Waals surface area contributed by atoms with E-state index in [1.54, 1.807) is 20.4 Å². The van der Waals surface area contributed by atoms with Crippen LogP contribution in [0, 0.1) is 4.77 Å². The van der Waals surface area contributed by atoms with Gasteiger partial charge in [-0.1, -0.05) is 36.4 Å². The van der Waals surface area contributed by atoms with Gasteiger partial charge in [0, 0.05) is 11.1 Å². The van der Waals surface area contributed by atoms with E-state index in [1.807, 2.05) is 54.6 Å². The molecule has 0 unspecified atom stereocenters. The summed E-state index contributed by atoms with van der Waals surface area (Å²) in [5.41, 5.74) is 3.24. The van der Waals surface area contributed by atoms with Crippen molar-refractivity contribution >= 4 is 18.4 Å². The number of hydrogen-bond acceptors (Lipinski definition) is 6. The summed E-state index contributed by atoms with van der Waals surface area (Å²) in [4.78, 5) is 0. The predicted molar refractivity (Wildman–Crippen MR) is 113 cm³/mol. The van der Waals surface area contributed by atoms with E-state index in [4.69, 9.17) is 21.7 Å². The first-order chi connectivity index (χ1) is 14.2. The van der Waals surface area contributed by atoms with Gasteiger partial charge in [-0.3, -0.25) is 5.10 Å². The smallest absolute Gasteiger partial charge is 0.216 e. The highest BCUT2D eigenvalue weighted by molar-refractivity contribution is 7.71. The Bertz CT molecular complexity index is 1210. The largest absolute Gasteiger partial charge is 0.493 e. The fourth-order valence-corrected chi connectivity index (χ4v) is 3.08. The molecule has 0 saturated carbocycles. The Morgan fingerprint density at radius 2 is 1.83 bits per heavy atom. The van der Waals surface area contributed by atoms with Gasteiger partial charge >= 0.3 is 0 Å². The van der Waals surface area contributed by atoms with Crippen molar-refractivity contribution in [2.75, 3.05) is 14.2 Å². The number of aromatic amines is 2. The lowest BCUT2D eigenvalue weighted by molar-refractivity contribution is 0.354. The molecule has 0 aliphatic heterocycles. The zero-order valence-corrected chi connectivity index (χ0v) is 16.6. The van der Waals surface area contributed by atoms with E-state index in [1.165, 1.54) is 4.68 Å². The molecule has 0 amide bonds. The first-order valence-corrected chi connectivity index (χ1v) is 9.16. The number of nitrogens with zero attached hydrogens (tertiary/aromatic N) is 4. The van der Waals surface area contributed by atoms with Crippen LogP contribution in [-0.2, 0) is 0 Å². The zero-order chi connectivity index (χ0) is 20.2. The molecular formula is C20H18N6O2S. The number of rotatable bonds is 6. The van der Waals surface area contributed by atoms with Crippen molar-refractivity contribution in [1.82, 2.24) is 25.1 Å². The Morgan fingerprint density at radius 1 is 1.00 bits per heavy atom. The van der Waals surface area contributed by atoms with Crippen molar-refractivity contribution in [3.8, 4) is 34.3 Å². The highest BCUT2D eigenvalue weighted by Crippen LogP contribution is 2.29. The molecule has 146 valence electrons. The predicted octanol–water partition coefficient (Wildman–Crippen LogP) is 3.90. The van der Waals surface area contributed by atoms with Gasteiger partial charge in [-0.25, -0.2) is 5.10 Å². The molecule has 0 spiro atoms. The van der Waals surface area contributed by atoms with Gasteiger partial charge in [0.15, 0.2) is 11.5 Å². The number of methoxy groups -OCH3 is 2. The minimum absolute atomic E-state index is 0.356. The molecule has 0 aliphatic rings. The number of benzene rings is 2. The third-order valence-electron chi connectivity index (χ3n) is 4.28. The van der Waals surface area contributed by atoms with E-state index in [9.17, 15) is 0 Å². The molecule has 2 heterocycles. The van der Waals surface area contributed by atoms with E-state index in [-0.39, 0.29) is 0 Å². The van der Waals surface area contributed by atoms with Gasteiger partial charge < -0.3 is 9.47 Å². The van der Waals surface area contributed by atoms with Gasteiger partial charge in [-0.05, 0) is 30.4 Å². The molecule has 4 aromatic rings. The van der Waals surface area contributed by atoms with Crippen LogP contribution in [0.4, 0.5) is 0 Å². The molecule has 0 fully saturated rings. The van der Waals surface area contributed by atoms with Crippen LogP contribution in [0.15, 0.2) is 59.7 Å². The Balaban J connectivity index is 1.70. The molecule has 8 nitrogen and oxygen atoms in total. The van der Waals surface area contributed by atoms with Crippen molar-refractivity contribution in [3.63, 3.8) is 0 Å². The number of nitrogens with one attached hydrogen (secondary N) is 2. The third-order valence-corrected chi connectivity index (χ3v) is 4.55. The molecular weight excluding hydrogens is 388 g/mol. The summed E-state index contributed by atoms with van der Waals surface area (Å²) in [5.74, 6) is 1.72. The maximum atomic E-state index is 5.44. The van der Waals surface area contributed by atoms with Crippen LogP contribution in [0.5, 0.6) is 11.5 Å². The summed E-state index contributed by atoms with van der Waals surface area (Å²) in [5, 5.41) is 18.9. The fraction of sp³-hybridized carbons (Fsp3) is 0.100. The van der Waals surface area contributed by atoms with E-state index < -0.39 is 0 Å². The highest BCUT2D eigenvalue weighted by Gasteiger charge is 2.13. The minimum Gasteiger partial charge on any atom is -0.493 e. The first-order valence-electron chi connectivity index (χ1n) is 8.75. The molecule has 2 aromatic heterocycles. The standard InChI is InChI=1S/C20H18N6O2S/c1-27-17-10-6-9-14(18(17)28-2)12-21-26-19(24-25-20(26)29)16-11-15(22-23-16)13-7-4-3-5-8-13/h3-12H,1-2H3,(H,22,23)(H,25,29)/b21-12-. The molecule has 0 atom stereocenters. The lowest BCUT2D eigenvalue weighted by Gasteiger charge is -2.09. The van der Waals surface area contributed by atoms with E-state index >= 15 is 0 Å². The Kier molecular flexibility index (Phi) is 5.21. The van der Waals surface area contributed by atoms with Crippen molar-refractivity contribution in [2.45, 2.75) is 0 Å². The lowest BCUT2D eigenvalue weighted by atomic mass is 10.1. The fourth-order valence-electron chi connectivity index (χ4n) is 2.90. The molecule has 2 N–H and O–H groups in total. The normalized spacial score (nSPS) is 11.1. The lowest BCUT2D eigenvalue weighted by Crippen LogP contribution is -1.98.